The Balaban J connectivity index is 2.34. The molecule has 0 saturated heterocycles. The van der Waals surface area contributed by atoms with Gasteiger partial charge >= 0.3 is 0 Å². The molecule has 1 heterocycles. The number of hydrogen-bond acceptors (Lipinski definition) is 4. The summed E-state index contributed by atoms with van der Waals surface area (Å²) in [7, 11) is 0. The minimum Gasteiger partial charge on any atom is -0.376 e. The van der Waals surface area contributed by atoms with Gasteiger partial charge in [0.1, 0.15) is 0 Å². The lowest BCUT2D eigenvalue weighted by Gasteiger charge is -2.23. The van der Waals surface area contributed by atoms with Crippen LogP contribution in [0.15, 0.2) is 34.1 Å². The Kier molecular flexibility index (Phi) is 5.00. The van der Waals surface area contributed by atoms with Crippen molar-refractivity contribution in [3.63, 3.8) is 0 Å². The van der Waals surface area contributed by atoms with Crippen molar-refractivity contribution in [1.29, 1.82) is 0 Å². The Labute approximate surface area is 136 Å². The minimum absolute atomic E-state index is 0.129. The second kappa shape index (κ2) is 6.58. The highest BCUT2D eigenvalue weighted by Gasteiger charge is 2.20. The van der Waals surface area contributed by atoms with Crippen LogP contribution < -0.4 is 5.32 Å². The Morgan fingerprint density at radius 3 is 2.62 bits per heavy atom. The standard InChI is InChI=1S/C15H17BrN2O2S/c1-9(2)15(14-5-4-6-21-14)17-12-7-10(3)13(18(19)20)8-11(12)16/h4-9,15,17H,1-3H3. The van der Waals surface area contributed by atoms with Crippen molar-refractivity contribution in [2.45, 2.75) is 26.8 Å². The number of aryl methyl sites for hydroxylation is 1. The molecule has 0 amide bonds. The molecule has 0 saturated carbocycles. The van der Waals surface area contributed by atoms with Gasteiger partial charge in [0.05, 0.1) is 11.0 Å². The zero-order valence-corrected chi connectivity index (χ0v) is 14.5. The van der Waals surface area contributed by atoms with Gasteiger partial charge in [-0.25, -0.2) is 0 Å². The highest BCUT2D eigenvalue weighted by molar-refractivity contribution is 9.10. The summed E-state index contributed by atoms with van der Waals surface area (Å²) >= 11 is 5.14. The third kappa shape index (κ3) is 3.63. The molecule has 0 aliphatic carbocycles. The number of nitro benzene ring substituents is 1. The Morgan fingerprint density at radius 1 is 1.38 bits per heavy atom. The molecule has 0 aliphatic heterocycles. The molecule has 21 heavy (non-hydrogen) atoms. The molecule has 0 radical (unpaired) electrons. The Hall–Kier alpha value is -1.40. The van der Waals surface area contributed by atoms with E-state index in [0.717, 1.165) is 5.69 Å². The van der Waals surface area contributed by atoms with Crippen LogP contribution in [-0.2, 0) is 0 Å². The molecule has 6 heteroatoms. The maximum absolute atomic E-state index is 11.0. The summed E-state index contributed by atoms with van der Waals surface area (Å²) in [6, 6.07) is 7.71. The fourth-order valence-electron chi connectivity index (χ4n) is 2.18. The minimum atomic E-state index is -0.358. The van der Waals surface area contributed by atoms with Gasteiger partial charge in [0.2, 0.25) is 0 Å². The van der Waals surface area contributed by atoms with Crippen LogP contribution in [0.5, 0.6) is 0 Å². The summed E-state index contributed by atoms with van der Waals surface area (Å²) in [6.45, 7) is 6.07. The van der Waals surface area contributed by atoms with E-state index in [1.807, 2.05) is 12.1 Å². The smallest absolute Gasteiger partial charge is 0.273 e. The molecule has 1 unspecified atom stereocenters. The Morgan fingerprint density at radius 2 is 2.10 bits per heavy atom. The second-order valence-corrected chi connectivity index (χ2v) is 7.09. The summed E-state index contributed by atoms with van der Waals surface area (Å²) in [6.07, 6.45) is 0. The SMILES string of the molecule is Cc1cc(NC(c2cccs2)C(C)C)c(Br)cc1[N+](=O)[O-]. The highest BCUT2D eigenvalue weighted by Crippen LogP contribution is 2.35. The van der Waals surface area contributed by atoms with Gasteiger partial charge < -0.3 is 5.32 Å². The van der Waals surface area contributed by atoms with E-state index in [1.54, 1.807) is 24.3 Å². The third-order valence-corrected chi connectivity index (χ3v) is 4.92. The maximum atomic E-state index is 11.0. The zero-order chi connectivity index (χ0) is 15.6. The summed E-state index contributed by atoms with van der Waals surface area (Å²) in [5, 5.41) is 16.5. The van der Waals surface area contributed by atoms with Crippen molar-refractivity contribution in [2.75, 3.05) is 5.32 Å². The number of anilines is 1. The third-order valence-electron chi connectivity index (χ3n) is 3.31. The second-order valence-electron chi connectivity index (χ2n) is 5.26. The van der Waals surface area contributed by atoms with Crippen LogP contribution in [0.4, 0.5) is 11.4 Å². The lowest BCUT2D eigenvalue weighted by molar-refractivity contribution is -0.385. The highest BCUT2D eigenvalue weighted by atomic mass is 79.9. The number of hydrogen-bond donors (Lipinski definition) is 1. The van der Waals surface area contributed by atoms with E-state index < -0.39 is 0 Å². The molecular weight excluding hydrogens is 352 g/mol. The first-order valence-corrected chi connectivity index (χ1v) is 8.32. The number of benzene rings is 1. The van der Waals surface area contributed by atoms with Crippen molar-refractivity contribution in [1.82, 2.24) is 0 Å². The number of rotatable bonds is 5. The van der Waals surface area contributed by atoms with E-state index in [0.29, 0.717) is 16.0 Å². The van der Waals surface area contributed by atoms with E-state index in [9.17, 15) is 10.1 Å². The predicted molar refractivity (Wildman–Crippen MR) is 91.1 cm³/mol. The van der Waals surface area contributed by atoms with Gasteiger partial charge in [0.25, 0.3) is 5.69 Å². The van der Waals surface area contributed by atoms with Crippen molar-refractivity contribution < 1.29 is 4.92 Å². The average Bonchev–Trinajstić information content (AvgIpc) is 2.92. The molecule has 1 atom stereocenters. The fourth-order valence-corrected chi connectivity index (χ4v) is 3.58. The van der Waals surface area contributed by atoms with Gasteiger partial charge in [-0.05, 0) is 46.3 Å². The lowest BCUT2D eigenvalue weighted by atomic mass is 10.0. The molecular formula is C15H17BrN2O2S. The fraction of sp³-hybridized carbons (Fsp3) is 0.333. The van der Waals surface area contributed by atoms with Gasteiger partial charge in [-0.1, -0.05) is 19.9 Å². The number of nitro groups is 1. The van der Waals surface area contributed by atoms with Gasteiger partial charge in [-0.2, -0.15) is 0 Å². The molecule has 0 bridgehead atoms. The van der Waals surface area contributed by atoms with Crippen LogP contribution in [0.3, 0.4) is 0 Å². The van der Waals surface area contributed by atoms with Crippen molar-refractivity contribution in [3.05, 3.63) is 54.7 Å². The first kappa shape index (κ1) is 16.0. The monoisotopic (exact) mass is 368 g/mol. The van der Waals surface area contributed by atoms with Crippen molar-refractivity contribution in [3.8, 4) is 0 Å². The first-order chi connectivity index (χ1) is 9.90. The van der Waals surface area contributed by atoms with Gasteiger partial charge in [-0.3, -0.25) is 10.1 Å². The van der Waals surface area contributed by atoms with Crippen LogP contribution in [0.2, 0.25) is 0 Å². The number of nitrogens with zero attached hydrogens (tertiary/aromatic N) is 1. The number of thiophene rings is 1. The van der Waals surface area contributed by atoms with Crippen LogP contribution in [-0.4, -0.2) is 4.92 Å². The molecule has 1 aromatic carbocycles. The van der Waals surface area contributed by atoms with E-state index in [-0.39, 0.29) is 16.7 Å². The lowest BCUT2D eigenvalue weighted by Crippen LogP contribution is -2.16. The zero-order valence-electron chi connectivity index (χ0n) is 12.1. The van der Waals surface area contributed by atoms with Crippen molar-refractivity contribution >= 4 is 38.6 Å². The average molecular weight is 369 g/mol. The van der Waals surface area contributed by atoms with Crippen molar-refractivity contribution in [2.24, 2.45) is 5.92 Å². The predicted octanol–water partition coefficient (Wildman–Crippen LogP) is 5.54. The topological polar surface area (TPSA) is 55.2 Å². The molecule has 2 rings (SSSR count). The molecule has 4 nitrogen and oxygen atoms in total. The number of halogens is 1. The normalized spacial score (nSPS) is 12.4. The van der Waals surface area contributed by atoms with Gasteiger partial charge in [0, 0.05) is 26.7 Å². The molecule has 0 fully saturated rings. The van der Waals surface area contributed by atoms with Crippen LogP contribution in [0.25, 0.3) is 0 Å². The number of nitrogens with one attached hydrogen (secondary N) is 1. The maximum Gasteiger partial charge on any atom is 0.273 e. The molecule has 2 aromatic rings. The quantitative estimate of drug-likeness (QED) is 0.556. The first-order valence-electron chi connectivity index (χ1n) is 6.64. The van der Waals surface area contributed by atoms with Gasteiger partial charge in [0.15, 0.2) is 0 Å². The summed E-state index contributed by atoms with van der Waals surface area (Å²) in [4.78, 5) is 11.9. The van der Waals surface area contributed by atoms with Crippen LogP contribution in [0, 0.1) is 23.0 Å². The molecule has 1 N–H and O–H groups in total. The molecule has 1 aromatic heterocycles. The van der Waals surface area contributed by atoms with E-state index in [1.165, 1.54) is 4.88 Å². The molecule has 112 valence electrons. The summed E-state index contributed by atoms with van der Waals surface area (Å²) in [5.74, 6) is 0.408. The van der Waals surface area contributed by atoms with E-state index in [4.69, 9.17) is 0 Å². The Bertz CT molecular complexity index is 641. The van der Waals surface area contributed by atoms with Crippen LogP contribution >= 0.6 is 27.3 Å². The largest absolute Gasteiger partial charge is 0.376 e. The molecule has 0 spiro atoms. The van der Waals surface area contributed by atoms with Gasteiger partial charge in [-0.15, -0.1) is 11.3 Å². The summed E-state index contributed by atoms with van der Waals surface area (Å²) in [5.41, 5.74) is 1.66. The summed E-state index contributed by atoms with van der Waals surface area (Å²) < 4.78 is 0.710. The van der Waals surface area contributed by atoms with E-state index in [2.05, 4.69) is 46.5 Å². The van der Waals surface area contributed by atoms with Crippen LogP contribution in [0.1, 0.15) is 30.3 Å². The molecule has 0 aliphatic rings. The van der Waals surface area contributed by atoms with E-state index >= 15 is 0 Å².